The number of ether oxygens (including phenoxy) is 3. The number of hydrogen-bond donors (Lipinski definition) is 4. The van der Waals surface area contributed by atoms with Gasteiger partial charge >= 0.3 is 6.09 Å². The number of aliphatic hydroxyl groups excluding tert-OH is 1. The summed E-state index contributed by atoms with van der Waals surface area (Å²) < 4.78 is 17.3. The van der Waals surface area contributed by atoms with Gasteiger partial charge in [-0.15, -0.1) is 0 Å². The lowest BCUT2D eigenvalue weighted by Gasteiger charge is -2.39. The number of methoxy groups -OCH3 is 2. The van der Waals surface area contributed by atoms with E-state index in [1.54, 1.807) is 76.9 Å². The molecule has 2 heterocycles. The second kappa shape index (κ2) is 24.4. The second-order valence-electron chi connectivity index (χ2n) is 18.3. The van der Waals surface area contributed by atoms with Gasteiger partial charge in [0.2, 0.25) is 23.6 Å². The zero-order chi connectivity index (χ0) is 47.2. The van der Waals surface area contributed by atoms with E-state index in [0.717, 1.165) is 12.0 Å². The molecule has 1 aliphatic heterocycles. The van der Waals surface area contributed by atoms with Crippen LogP contribution in [0, 0.1) is 17.8 Å². The van der Waals surface area contributed by atoms with Crippen LogP contribution < -0.4 is 16.0 Å². The molecule has 16 nitrogen and oxygen atoms in total. The van der Waals surface area contributed by atoms with E-state index in [1.165, 1.54) is 7.11 Å². The first kappa shape index (κ1) is 52.7. The van der Waals surface area contributed by atoms with Gasteiger partial charge in [0.25, 0.3) is 0 Å². The molecule has 2 aromatic rings. The number of likely N-dealkylation sites (tertiary alicyclic amines) is 1. The summed E-state index contributed by atoms with van der Waals surface area (Å²) in [6.07, 6.45) is 0.878. The average Bonchev–Trinajstić information content (AvgIpc) is 3.71. The summed E-state index contributed by atoms with van der Waals surface area (Å²) in [7, 11) is 6.58. The highest BCUT2D eigenvalue weighted by molar-refractivity contribution is 5.88. The monoisotopic (exact) mass is 882 g/mol. The van der Waals surface area contributed by atoms with E-state index in [0.29, 0.717) is 37.3 Å². The minimum absolute atomic E-state index is 0.00642. The minimum Gasteiger partial charge on any atom is -0.444 e. The van der Waals surface area contributed by atoms with Crippen LogP contribution in [0.4, 0.5) is 10.6 Å². The molecule has 1 fully saturated rings. The maximum absolute atomic E-state index is 14.2. The maximum Gasteiger partial charge on any atom is 0.413 e. The number of anilines is 1. The predicted octanol–water partition coefficient (Wildman–Crippen LogP) is 5.16. The van der Waals surface area contributed by atoms with Crippen molar-refractivity contribution in [3.8, 4) is 0 Å². The van der Waals surface area contributed by atoms with E-state index in [2.05, 4.69) is 20.9 Å². The van der Waals surface area contributed by atoms with E-state index in [4.69, 9.17) is 14.2 Å². The summed E-state index contributed by atoms with van der Waals surface area (Å²) in [6.45, 7) is 17.3. The molecule has 9 atom stereocenters. The summed E-state index contributed by atoms with van der Waals surface area (Å²) in [4.78, 5) is 77.1. The van der Waals surface area contributed by atoms with Gasteiger partial charge in [-0.3, -0.25) is 29.4 Å². The summed E-state index contributed by atoms with van der Waals surface area (Å²) in [5.74, 6) is -1.57. The SMILES string of the molecule is CCC(C)C(C(CC(=O)N1CCCC1C(OC)C(C)C(=O)NC(C)C(O)c1ccccc1)OC)N(C)C(=O)CNC(=O)C(C(C)C)N(C)Cc1ccnc(NC(=O)OC(C)(C)C)c1. The molecule has 0 radical (unpaired) electrons. The number of pyridine rings is 1. The normalized spacial score (nSPS) is 18.1. The number of aromatic nitrogens is 1. The maximum atomic E-state index is 14.2. The fourth-order valence-electron chi connectivity index (χ4n) is 8.54. The summed E-state index contributed by atoms with van der Waals surface area (Å²) in [5.41, 5.74) is 0.842. The number of hydrogen-bond acceptors (Lipinski definition) is 11. The lowest BCUT2D eigenvalue weighted by atomic mass is 9.90. The van der Waals surface area contributed by atoms with Crippen LogP contribution in [-0.4, -0.2) is 138 Å². The largest absolute Gasteiger partial charge is 0.444 e. The van der Waals surface area contributed by atoms with Crippen LogP contribution in [0.25, 0.3) is 0 Å². The lowest BCUT2D eigenvalue weighted by Crippen LogP contribution is -2.55. The van der Waals surface area contributed by atoms with Gasteiger partial charge in [-0.25, -0.2) is 9.78 Å². The van der Waals surface area contributed by atoms with Crippen molar-refractivity contribution < 1.29 is 43.3 Å². The van der Waals surface area contributed by atoms with Gasteiger partial charge in [-0.1, -0.05) is 71.4 Å². The Morgan fingerprint density at radius 3 is 2.22 bits per heavy atom. The van der Waals surface area contributed by atoms with Crippen LogP contribution in [-0.2, 0) is 39.9 Å². The van der Waals surface area contributed by atoms with E-state index in [1.807, 2.05) is 70.0 Å². The Labute approximate surface area is 375 Å². The van der Waals surface area contributed by atoms with Gasteiger partial charge in [-0.05, 0) is 82.7 Å². The van der Waals surface area contributed by atoms with Gasteiger partial charge in [0.15, 0.2) is 0 Å². The van der Waals surface area contributed by atoms with E-state index in [9.17, 15) is 29.1 Å². The number of nitrogens with one attached hydrogen (secondary N) is 3. The van der Waals surface area contributed by atoms with Crippen molar-refractivity contribution in [2.75, 3.05) is 46.7 Å². The molecule has 0 saturated carbocycles. The highest BCUT2D eigenvalue weighted by Gasteiger charge is 2.42. The topological polar surface area (TPSA) is 192 Å². The van der Waals surface area contributed by atoms with Crippen molar-refractivity contribution in [2.45, 2.75) is 143 Å². The number of benzene rings is 1. The summed E-state index contributed by atoms with van der Waals surface area (Å²) >= 11 is 0. The molecular formula is C47H75N7O9. The molecule has 5 amide bonds. The second-order valence-corrected chi connectivity index (χ2v) is 18.3. The average molecular weight is 882 g/mol. The fourth-order valence-corrected chi connectivity index (χ4v) is 8.54. The standard InChI is InChI=1S/C47H75N7O9/c1-14-30(4)41(53(11)39(56)27-49-45(59)40(29(2)3)52(10)28-33-22-23-48-37(25-33)51-46(60)63-47(7,8)9)36(61-12)26-38(55)54-24-18-21-35(54)43(62-13)31(5)44(58)50-32(6)42(57)34-19-16-15-17-20-34/h15-17,19-20,22-23,25,29-32,35-36,40-43,57H,14,18,21,24,26-28H2,1-13H3,(H,49,59)(H,50,58)(H,48,51,60). The van der Waals surface area contributed by atoms with Gasteiger partial charge in [-0.2, -0.15) is 0 Å². The van der Waals surface area contributed by atoms with Gasteiger partial charge in [0, 0.05) is 40.6 Å². The van der Waals surface area contributed by atoms with Gasteiger partial charge in [0.05, 0.1) is 61.4 Å². The Morgan fingerprint density at radius 2 is 1.63 bits per heavy atom. The molecule has 3 rings (SSSR count). The molecule has 9 unspecified atom stereocenters. The van der Waals surface area contributed by atoms with Crippen LogP contribution in [0.5, 0.6) is 0 Å². The summed E-state index contributed by atoms with van der Waals surface area (Å²) in [5, 5.41) is 19.3. The molecule has 0 spiro atoms. The molecule has 63 heavy (non-hydrogen) atoms. The van der Waals surface area contributed by atoms with Crippen molar-refractivity contribution in [3.63, 3.8) is 0 Å². The van der Waals surface area contributed by atoms with Gasteiger partial charge in [0.1, 0.15) is 11.4 Å². The van der Waals surface area contributed by atoms with Crippen molar-refractivity contribution in [1.29, 1.82) is 0 Å². The molecule has 1 aromatic heterocycles. The Bertz CT molecular complexity index is 1790. The van der Waals surface area contributed by atoms with Crippen LogP contribution in [0.15, 0.2) is 48.7 Å². The molecule has 0 bridgehead atoms. The van der Waals surface area contributed by atoms with Crippen molar-refractivity contribution >= 4 is 35.5 Å². The number of carbonyl (C=O) groups excluding carboxylic acids is 5. The molecule has 16 heteroatoms. The lowest BCUT2D eigenvalue weighted by molar-refractivity contribution is -0.146. The Morgan fingerprint density at radius 1 is 0.968 bits per heavy atom. The first-order valence-electron chi connectivity index (χ1n) is 22.2. The van der Waals surface area contributed by atoms with E-state index < -0.39 is 54.0 Å². The number of likely N-dealkylation sites (N-methyl/N-ethyl adjacent to an activating group) is 2. The van der Waals surface area contributed by atoms with Crippen LogP contribution in [0.2, 0.25) is 0 Å². The van der Waals surface area contributed by atoms with Crippen LogP contribution >= 0.6 is 0 Å². The Hall–Kier alpha value is -4.64. The first-order chi connectivity index (χ1) is 29.6. The molecule has 4 N–H and O–H groups in total. The molecule has 352 valence electrons. The number of carbonyl (C=O) groups is 5. The van der Waals surface area contributed by atoms with Crippen LogP contribution in [0.1, 0.15) is 105 Å². The Kier molecular flexibility index (Phi) is 20.4. The molecular weight excluding hydrogens is 807 g/mol. The van der Waals surface area contributed by atoms with Crippen molar-refractivity contribution in [3.05, 3.63) is 59.8 Å². The first-order valence-corrected chi connectivity index (χ1v) is 22.2. The molecule has 1 aromatic carbocycles. The van der Waals surface area contributed by atoms with Crippen molar-refractivity contribution in [2.24, 2.45) is 17.8 Å². The molecule has 0 aliphatic carbocycles. The fraction of sp³-hybridized carbons (Fsp3) is 0.660. The smallest absolute Gasteiger partial charge is 0.413 e. The number of rotatable bonds is 22. The summed E-state index contributed by atoms with van der Waals surface area (Å²) in [6, 6.07) is 10.7. The van der Waals surface area contributed by atoms with E-state index >= 15 is 0 Å². The highest BCUT2D eigenvalue weighted by Crippen LogP contribution is 2.30. The van der Waals surface area contributed by atoms with Crippen LogP contribution in [0.3, 0.4) is 0 Å². The zero-order valence-corrected chi connectivity index (χ0v) is 39.8. The number of amides is 5. The number of nitrogens with zero attached hydrogens (tertiary/aromatic N) is 4. The third-order valence-electron chi connectivity index (χ3n) is 12.0. The number of aliphatic hydroxyl groups is 1. The quantitative estimate of drug-likeness (QED) is 0.122. The third-order valence-corrected chi connectivity index (χ3v) is 12.0. The minimum atomic E-state index is -0.895. The van der Waals surface area contributed by atoms with Gasteiger partial charge < -0.3 is 39.8 Å². The zero-order valence-electron chi connectivity index (χ0n) is 39.8. The third kappa shape index (κ3) is 15.3. The molecule has 1 aliphatic rings. The highest BCUT2D eigenvalue weighted by atomic mass is 16.6. The predicted molar refractivity (Wildman–Crippen MR) is 242 cm³/mol. The van der Waals surface area contributed by atoms with Crippen molar-refractivity contribution in [1.82, 2.24) is 30.3 Å². The van der Waals surface area contributed by atoms with E-state index in [-0.39, 0.29) is 54.5 Å². The Balaban J connectivity index is 1.67. The molecule has 1 saturated heterocycles.